The fraction of sp³-hybridized carbons (Fsp3) is 0.111. The first-order valence-corrected chi connectivity index (χ1v) is 8.87. The lowest BCUT2D eigenvalue weighted by Crippen LogP contribution is -2.22. The minimum Gasteiger partial charge on any atom is -0.325 e. The van der Waals surface area contributed by atoms with Gasteiger partial charge >= 0.3 is 0 Å². The number of carbonyl (C=O) groups is 1. The van der Waals surface area contributed by atoms with Gasteiger partial charge in [0.1, 0.15) is 0 Å². The third-order valence-electron chi connectivity index (χ3n) is 3.39. The summed E-state index contributed by atoms with van der Waals surface area (Å²) in [5, 5.41) is 3.81. The number of hydrogen-bond acceptors (Lipinski definition) is 3. The number of para-hydroxylation sites is 1. The normalized spacial score (nSPS) is 12.1. The van der Waals surface area contributed by atoms with Crippen molar-refractivity contribution >= 4 is 50.2 Å². The minimum atomic E-state index is -0.204. The number of nitrogens with one attached hydrogen (secondary N) is 1. The van der Waals surface area contributed by atoms with Gasteiger partial charge in [-0.15, -0.1) is 11.8 Å². The van der Waals surface area contributed by atoms with Crippen LogP contribution in [0.5, 0.6) is 0 Å². The van der Waals surface area contributed by atoms with Crippen LogP contribution in [0.25, 0.3) is 10.9 Å². The molecular weight excluding hydrogens is 372 g/mol. The first-order chi connectivity index (χ1) is 11.1. The van der Waals surface area contributed by atoms with Crippen LogP contribution in [0.1, 0.15) is 6.92 Å². The molecule has 0 fully saturated rings. The van der Waals surface area contributed by atoms with Crippen molar-refractivity contribution in [3.63, 3.8) is 0 Å². The second kappa shape index (κ2) is 7.15. The van der Waals surface area contributed by atoms with Crippen LogP contribution < -0.4 is 5.32 Å². The van der Waals surface area contributed by atoms with Crippen molar-refractivity contribution in [1.82, 2.24) is 4.98 Å². The Labute approximate surface area is 147 Å². The number of fused-ring (bicyclic) bond motifs is 1. The number of hydrogen-bond donors (Lipinski definition) is 1. The predicted molar refractivity (Wildman–Crippen MR) is 99.8 cm³/mol. The number of benzene rings is 2. The Kier molecular flexibility index (Phi) is 4.98. The lowest BCUT2D eigenvalue weighted by Gasteiger charge is -2.13. The van der Waals surface area contributed by atoms with E-state index in [1.807, 2.05) is 61.5 Å². The van der Waals surface area contributed by atoms with Gasteiger partial charge in [-0.25, -0.2) is 0 Å². The van der Waals surface area contributed by atoms with Gasteiger partial charge in [-0.05, 0) is 43.3 Å². The van der Waals surface area contributed by atoms with E-state index in [2.05, 4.69) is 26.2 Å². The van der Waals surface area contributed by atoms with E-state index < -0.39 is 0 Å². The molecule has 1 amide bonds. The molecule has 1 N–H and O–H groups in total. The lowest BCUT2D eigenvalue weighted by molar-refractivity contribution is -0.115. The number of pyridine rings is 1. The Bertz CT molecular complexity index is 831. The van der Waals surface area contributed by atoms with Crippen molar-refractivity contribution in [1.29, 1.82) is 0 Å². The Morgan fingerprint density at radius 1 is 1.13 bits per heavy atom. The van der Waals surface area contributed by atoms with Crippen molar-refractivity contribution in [2.24, 2.45) is 0 Å². The summed E-state index contributed by atoms with van der Waals surface area (Å²) in [5.41, 5.74) is 1.74. The molecule has 0 aliphatic rings. The van der Waals surface area contributed by atoms with Crippen LogP contribution in [-0.2, 0) is 4.79 Å². The van der Waals surface area contributed by atoms with Gasteiger partial charge in [-0.3, -0.25) is 9.78 Å². The highest BCUT2D eigenvalue weighted by molar-refractivity contribution is 9.10. The third-order valence-corrected chi connectivity index (χ3v) is 5.10. The molecule has 116 valence electrons. The quantitative estimate of drug-likeness (QED) is 0.632. The molecular formula is C18H15BrN2OS. The number of anilines is 1. The molecule has 1 unspecified atom stereocenters. The highest BCUT2D eigenvalue weighted by atomic mass is 79.9. The zero-order valence-electron chi connectivity index (χ0n) is 12.5. The van der Waals surface area contributed by atoms with Crippen LogP contribution in [0.15, 0.2) is 70.2 Å². The summed E-state index contributed by atoms with van der Waals surface area (Å²) in [6.45, 7) is 1.91. The van der Waals surface area contributed by atoms with Gasteiger partial charge in [0, 0.05) is 26.6 Å². The smallest absolute Gasteiger partial charge is 0.237 e. The molecule has 3 aromatic rings. The molecule has 1 atom stereocenters. The van der Waals surface area contributed by atoms with E-state index in [1.165, 1.54) is 0 Å². The molecule has 0 aliphatic carbocycles. The van der Waals surface area contributed by atoms with Crippen molar-refractivity contribution < 1.29 is 4.79 Å². The number of thioether (sulfide) groups is 1. The molecule has 0 spiro atoms. The minimum absolute atomic E-state index is 0.0155. The van der Waals surface area contributed by atoms with E-state index in [4.69, 9.17) is 0 Å². The lowest BCUT2D eigenvalue weighted by atomic mass is 10.2. The van der Waals surface area contributed by atoms with Gasteiger partial charge < -0.3 is 5.32 Å². The Hall–Kier alpha value is -1.85. The van der Waals surface area contributed by atoms with Gasteiger partial charge in [0.05, 0.1) is 10.8 Å². The zero-order valence-corrected chi connectivity index (χ0v) is 14.9. The SMILES string of the molecule is CC(Sc1ccnc2ccccc12)C(=O)Nc1ccc(Br)cc1. The summed E-state index contributed by atoms with van der Waals surface area (Å²) in [7, 11) is 0. The highest BCUT2D eigenvalue weighted by Gasteiger charge is 2.16. The molecule has 1 heterocycles. The van der Waals surface area contributed by atoms with Crippen LogP contribution >= 0.6 is 27.7 Å². The van der Waals surface area contributed by atoms with E-state index in [9.17, 15) is 4.79 Å². The molecule has 0 saturated heterocycles. The maximum atomic E-state index is 12.4. The first-order valence-electron chi connectivity index (χ1n) is 7.20. The van der Waals surface area contributed by atoms with Crippen molar-refractivity contribution in [2.75, 3.05) is 5.32 Å². The van der Waals surface area contributed by atoms with Crippen molar-refractivity contribution in [2.45, 2.75) is 17.1 Å². The largest absolute Gasteiger partial charge is 0.325 e. The third kappa shape index (κ3) is 3.92. The van der Waals surface area contributed by atoms with Crippen LogP contribution in [-0.4, -0.2) is 16.1 Å². The average Bonchev–Trinajstić information content (AvgIpc) is 2.57. The highest BCUT2D eigenvalue weighted by Crippen LogP contribution is 2.30. The molecule has 0 saturated carbocycles. The van der Waals surface area contributed by atoms with Gasteiger partial charge in [0.15, 0.2) is 0 Å². The van der Waals surface area contributed by atoms with E-state index in [0.717, 1.165) is 26.0 Å². The average molecular weight is 387 g/mol. The maximum absolute atomic E-state index is 12.4. The Morgan fingerprint density at radius 2 is 1.87 bits per heavy atom. The fourth-order valence-corrected chi connectivity index (χ4v) is 3.44. The van der Waals surface area contributed by atoms with E-state index >= 15 is 0 Å². The molecule has 3 nitrogen and oxygen atoms in total. The first kappa shape index (κ1) is 16.0. The second-order valence-corrected chi connectivity index (χ2v) is 7.38. The van der Waals surface area contributed by atoms with Crippen molar-refractivity contribution in [3.8, 4) is 0 Å². The van der Waals surface area contributed by atoms with Crippen LogP contribution in [0.3, 0.4) is 0 Å². The molecule has 0 bridgehead atoms. The summed E-state index contributed by atoms with van der Waals surface area (Å²) in [6, 6.07) is 17.5. The van der Waals surface area contributed by atoms with Crippen LogP contribution in [0.4, 0.5) is 5.69 Å². The topological polar surface area (TPSA) is 42.0 Å². The molecule has 23 heavy (non-hydrogen) atoms. The molecule has 0 radical (unpaired) electrons. The van der Waals surface area contributed by atoms with Crippen LogP contribution in [0, 0.1) is 0 Å². The van der Waals surface area contributed by atoms with Gasteiger partial charge in [-0.2, -0.15) is 0 Å². The standard InChI is InChI=1S/C18H15BrN2OS/c1-12(18(22)21-14-8-6-13(19)7-9-14)23-17-10-11-20-16-5-3-2-4-15(16)17/h2-12H,1H3,(H,21,22). The summed E-state index contributed by atoms with van der Waals surface area (Å²) in [6.07, 6.45) is 1.78. The Balaban J connectivity index is 1.73. The van der Waals surface area contributed by atoms with E-state index in [0.29, 0.717) is 0 Å². The number of nitrogens with zero attached hydrogens (tertiary/aromatic N) is 1. The number of halogens is 1. The number of aromatic nitrogens is 1. The van der Waals surface area contributed by atoms with E-state index in [-0.39, 0.29) is 11.2 Å². The number of rotatable bonds is 4. The number of amides is 1. The summed E-state index contributed by atoms with van der Waals surface area (Å²) >= 11 is 4.93. The number of carbonyl (C=O) groups excluding carboxylic acids is 1. The Morgan fingerprint density at radius 3 is 2.65 bits per heavy atom. The summed E-state index contributed by atoms with van der Waals surface area (Å²) in [4.78, 5) is 17.8. The zero-order chi connectivity index (χ0) is 16.2. The predicted octanol–water partition coefficient (Wildman–Crippen LogP) is 5.12. The van der Waals surface area contributed by atoms with Gasteiger partial charge in [0.25, 0.3) is 0 Å². The van der Waals surface area contributed by atoms with Crippen molar-refractivity contribution in [3.05, 3.63) is 65.3 Å². The molecule has 5 heteroatoms. The van der Waals surface area contributed by atoms with E-state index in [1.54, 1.807) is 18.0 Å². The summed E-state index contributed by atoms with van der Waals surface area (Å²) in [5.74, 6) is -0.0155. The molecule has 1 aromatic heterocycles. The van der Waals surface area contributed by atoms with Gasteiger partial charge in [-0.1, -0.05) is 34.1 Å². The monoisotopic (exact) mass is 386 g/mol. The molecule has 0 aliphatic heterocycles. The fourth-order valence-electron chi connectivity index (χ4n) is 2.19. The summed E-state index contributed by atoms with van der Waals surface area (Å²) < 4.78 is 0.987. The molecule has 2 aromatic carbocycles. The van der Waals surface area contributed by atoms with Gasteiger partial charge in [0.2, 0.25) is 5.91 Å². The second-order valence-electron chi connectivity index (χ2n) is 5.08. The van der Waals surface area contributed by atoms with Crippen LogP contribution in [0.2, 0.25) is 0 Å². The maximum Gasteiger partial charge on any atom is 0.237 e. The molecule has 3 rings (SSSR count).